The highest BCUT2D eigenvalue weighted by molar-refractivity contribution is 5.87. The molecule has 4 N–H and O–H groups in total. The summed E-state index contributed by atoms with van der Waals surface area (Å²) in [6, 6.07) is 69.1. The number of hydrogen-bond acceptors (Lipinski definition) is 6. The maximum atomic E-state index is 11.3. The van der Waals surface area contributed by atoms with Gasteiger partial charge in [-0.2, -0.15) is 0 Å². The molecule has 266 valence electrons. The van der Waals surface area contributed by atoms with Gasteiger partial charge in [0, 0.05) is 34.0 Å². The van der Waals surface area contributed by atoms with E-state index in [4.69, 9.17) is 10.2 Å². The van der Waals surface area contributed by atoms with Crippen molar-refractivity contribution in [1.29, 1.82) is 0 Å². The molecule has 0 aliphatic carbocycles. The summed E-state index contributed by atoms with van der Waals surface area (Å²) in [5.41, 5.74) is 6.69. The Balaban J connectivity index is 0.000000296. The lowest BCUT2D eigenvalue weighted by atomic mass is 10.0. The molecule has 0 saturated carbocycles. The van der Waals surface area contributed by atoms with Gasteiger partial charge in [0.25, 0.3) is 0 Å². The van der Waals surface area contributed by atoms with E-state index < -0.39 is 0 Å². The van der Waals surface area contributed by atoms with Crippen LogP contribution >= 0.6 is 0 Å². The molecule has 0 atom stereocenters. The average molecular weight is 709 g/mol. The van der Waals surface area contributed by atoms with Gasteiger partial charge < -0.3 is 30.2 Å². The molecular formula is C48H40N2O4. The van der Waals surface area contributed by atoms with Crippen LogP contribution in [0.2, 0.25) is 0 Å². The average Bonchev–Trinajstić information content (AvgIpc) is 3.23. The molecule has 0 aliphatic heterocycles. The van der Waals surface area contributed by atoms with Crippen molar-refractivity contribution < 1.29 is 20.4 Å². The van der Waals surface area contributed by atoms with E-state index in [1.807, 2.05) is 150 Å². The monoisotopic (exact) mass is 708 g/mol. The van der Waals surface area contributed by atoms with Crippen LogP contribution in [-0.4, -0.2) is 20.4 Å². The molecule has 0 bridgehead atoms. The molecule has 0 aliphatic rings. The number of nitrogens with zero attached hydrogens (tertiary/aromatic N) is 2. The van der Waals surface area contributed by atoms with Gasteiger partial charge in [0.15, 0.2) is 11.5 Å². The van der Waals surface area contributed by atoms with Crippen LogP contribution in [0, 0.1) is 0 Å². The predicted octanol–water partition coefficient (Wildman–Crippen LogP) is 12.5. The molecule has 0 fully saturated rings. The van der Waals surface area contributed by atoms with Crippen LogP contribution in [0.4, 0.5) is 34.1 Å². The fraction of sp³-hybridized carbons (Fsp3) is 0. The SMILES string of the molecule is Oc1c(-c2ccc(N(c3ccccc3)c3ccccc3)cc2)ccc(N(c2ccccc2)c2ccccc2)c1O.Oc1ccccc1.Oc1ccccc1. The van der Waals surface area contributed by atoms with E-state index >= 15 is 0 Å². The first-order chi connectivity index (χ1) is 26.5. The number of para-hydroxylation sites is 6. The van der Waals surface area contributed by atoms with E-state index in [9.17, 15) is 10.2 Å². The van der Waals surface area contributed by atoms with Gasteiger partial charge in [-0.15, -0.1) is 0 Å². The molecule has 0 spiro atoms. The lowest BCUT2D eigenvalue weighted by Crippen LogP contribution is -2.10. The Labute approximate surface area is 316 Å². The predicted molar refractivity (Wildman–Crippen MR) is 221 cm³/mol. The minimum Gasteiger partial charge on any atom is -0.508 e. The molecular weight excluding hydrogens is 669 g/mol. The number of phenols is 4. The van der Waals surface area contributed by atoms with Crippen LogP contribution in [-0.2, 0) is 0 Å². The highest BCUT2D eigenvalue weighted by atomic mass is 16.3. The van der Waals surface area contributed by atoms with E-state index in [2.05, 4.69) is 29.2 Å². The lowest BCUT2D eigenvalue weighted by molar-refractivity contribution is 0.406. The second-order valence-electron chi connectivity index (χ2n) is 12.1. The smallest absolute Gasteiger partial charge is 0.182 e. The Morgan fingerprint density at radius 1 is 0.259 bits per heavy atom. The van der Waals surface area contributed by atoms with E-state index in [1.54, 1.807) is 48.5 Å². The largest absolute Gasteiger partial charge is 0.508 e. The Bertz CT molecular complexity index is 2180. The first-order valence-electron chi connectivity index (χ1n) is 17.4. The Kier molecular flexibility index (Phi) is 12.2. The van der Waals surface area contributed by atoms with Crippen molar-refractivity contribution in [1.82, 2.24) is 0 Å². The fourth-order valence-corrected chi connectivity index (χ4v) is 5.81. The Hall–Kier alpha value is -7.44. The second-order valence-corrected chi connectivity index (χ2v) is 12.1. The standard InChI is InChI=1S/C36H28N2O2.2C6H6O/c39-35-33(25-26-34(36(35)40)38(30-17-9-3-10-18-30)31-19-11-4-12-20-31)27-21-23-32(24-22-27)37(28-13-5-1-6-14-28)29-15-7-2-8-16-29;2*7-6-4-2-1-3-5-6/h1-26,39-40H;2*1-5,7H. The minimum atomic E-state index is -0.176. The highest BCUT2D eigenvalue weighted by Crippen LogP contribution is 2.48. The van der Waals surface area contributed by atoms with E-state index in [0.29, 0.717) is 22.7 Å². The van der Waals surface area contributed by atoms with Gasteiger partial charge in [0.1, 0.15) is 11.5 Å². The van der Waals surface area contributed by atoms with Gasteiger partial charge in [0.05, 0.1) is 5.69 Å². The Morgan fingerprint density at radius 2 is 0.574 bits per heavy atom. The first kappa shape index (κ1) is 36.4. The van der Waals surface area contributed by atoms with Crippen molar-refractivity contribution >= 4 is 34.1 Å². The molecule has 0 amide bonds. The molecule has 0 radical (unpaired) electrons. The number of phenolic OH excluding ortho intramolecular Hbond substituents is 4. The lowest BCUT2D eigenvalue weighted by Gasteiger charge is -2.27. The topological polar surface area (TPSA) is 87.4 Å². The number of hydrogen-bond donors (Lipinski definition) is 4. The molecule has 0 heterocycles. The van der Waals surface area contributed by atoms with Gasteiger partial charge in [0.2, 0.25) is 0 Å². The van der Waals surface area contributed by atoms with Crippen LogP contribution in [0.25, 0.3) is 11.1 Å². The Morgan fingerprint density at radius 3 is 0.907 bits per heavy atom. The third kappa shape index (κ3) is 9.26. The van der Waals surface area contributed by atoms with Crippen LogP contribution < -0.4 is 9.80 Å². The molecule has 54 heavy (non-hydrogen) atoms. The van der Waals surface area contributed by atoms with Crippen LogP contribution in [0.1, 0.15) is 0 Å². The van der Waals surface area contributed by atoms with Crippen molar-refractivity contribution in [3.05, 3.63) is 218 Å². The highest BCUT2D eigenvalue weighted by Gasteiger charge is 2.21. The molecule has 6 nitrogen and oxygen atoms in total. The van der Waals surface area contributed by atoms with Crippen LogP contribution in [0.3, 0.4) is 0 Å². The van der Waals surface area contributed by atoms with E-state index in [0.717, 1.165) is 34.0 Å². The second kappa shape index (κ2) is 18.2. The summed E-state index contributed by atoms with van der Waals surface area (Å²) >= 11 is 0. The minimum absolute atomic E-state index is 0.162. The molecule has 0 saturated heterocycles. The third-order valence-electron chi connectivity index (χ3n) is 8.38. The summed E-state index contributed by atoms with van der Waals surface area (Å²) < 4.78 is 0. The van der Waals surface area contributed by atoms with Crippen molar-refractivity contribution in [2.45, 2.75) is 0 Å². The maximum absolute atomic E-state index is 11.3. The summed E-state index contributed by atoms with van der Waals surface area (Å²) in [6.45, 7) is 0. The number of anilines is 6. The number of benzene rings is 8. The van der Waals surface area contributed by atoms with Gasteiger partial charge in [-0.25, -0.2) is 0 Å². The normalized spacial score (nSPS) is 10.1. The van der Waals surface area contributed by atoms with Crippen LogP contribution in [0.5, 0.6) is 23.0 Å². The molecule has 0 aromatic heterocycles. The maximum Gasteiger partial charge on any atom is 0.182 e. The van der Waals surface area contributed by atoms with E-state index in [1.165, 1.54) is 0 Å². The van der Waals surface area contributed by atoms with Crippen molar-refractivity contribution in [2.75, 3.05) is 9.80 Å². The van der Waals surface area contributed by atoms with Crippen molar-refractivity contribution in [2.24, 2.45) is 0 Å². The van der Waals surface area contributed by atoms with Gasteiger partial charge in [-0.1, -0.05) is 121 Å². The molecule has 0 unspecified atom stereocenters. The van der Waals surface area contributed by atoms with Crippen LogP contribution in [0.15, 0.2) is 218 Å². The third-order valence-corrected chi connectivity index (χ3v) is 8.38. The number of rotatable bonds is 7. The van der Waals surface area contributed by atoms with Gasteiger partial charge >= 0.3 is 0 Å². The molecule has 8 aromatic rings. The summed E-state index contributed by atoms with van der Waals surface area (Å²) in [5.74, 6) is 0.305. The summed E-state index contributed by atoms with van der Waals surface area (Å²) in [4.78, 5) is 4.11. The zero-order valence-electron chi connectivity index (χ0n) is 29.5. The molecule has 8 aromatic carbocycles. The van der Waals surface area contributed by atoms with Crippen molar-refractivity contribution in [3.63, 3.8) is 0 Å². The summed E-state index contributed by atoms with van der Waals surface area (Å²) in [5, 5.41) is 39.8. The quantitative estimate of drug-likeness (QED) is 0.123. The number of aromatic hydroxyl groups is 4. The fourth-order valence-electron chi connectivity index (χ4n) is 5.81. The van der Waals surface area contributed by atoms with Crippen molar-refractivity contribution in [3.8, 4) is 34.1 Å². The van der Waals surface area contributed by atoms with Gasteiger partial charge in [-0.3, -0.25) is 0 Å². The molecule has 6 heteroatoms. The summed E-state index contributed by atoms with van der Waals surface area (Å²) in [7, 11) is 0. The zero-order chi connectivity index (χ0) is 37.5. The molecule has 8 rings (SSSR count). The zero-order valence-corrected chi connectivity index (χ0v) is 29.5. The first-order valence-corrected chi connectivity index (χ1v) is 17.4. The summed E-state index contributed by atoms with van der Waals surface area (Å²) in [6.07, 6.45) is 0. The van der Waals surface area contributed by atoms with E-state index in [-0.39, 0.29) is 11.5 Å². The van der Waals surface area contributed by atoms with Gasteiger partial charge in [-0.05, 0) is 103 Å².